The van der Waals surface area contributed by atoms with Crippen LogP contribution in [0.15, 0.2) is 24.3 Å². The zero-order valence-electron chi connectivity index (χ0n) is 8.37. The highest BCUT2D eigenvalue weighted by Gasteiger charge is 2.25. The largest absolute Gasteiger partial charge is 0.377 e. The number of aryl methyl sites for hydroxylation is 1. The number of ether oxygens (including phenoxy) is 1. The van der Waals surface area contributed by atoms with E-state index in [4.69, 9.17) is 4.74 Å². The van der Waals surface area contributed by atoms with Crippen LogP contribution in [-0.2, 0) is 4.74 Å². The average Bonchev–Trinajstić information content (AvgIpc) is 2.66. The minimum Gasteiger partial charge on any atom is -0.377 e. The SMILES string of the molecule is Cc1cccc([C@@H]2CO[C@H](CBr)C2)c1. The number of hydrogen-bond acceptors (Lipinski definition) is 1. The Morgan fingerprint density at radius 2 is 2.36 bits per heavy atom. The van der Waals surface area contributed by atoms with Crippen LogP contribution in [-0.4, -0.2) is 18.0 Å². The molecule has 0 radical (unpaired) electrons. The normalized spacial score (nSPS) is 26.7. The third-order valence-corrected chi connectivity index (χ3v) is 3.49. The summed E-state index contributed by atoms with van der Waals surface area (Å²) >= 11 is 3.47. The van der Waals surface area contributed by atoms with Crippen LogP contribution in [0.1, 0.15) is 23.5 Å². The van der Waals surface area contributed by atoms with Gasteiger partial charge < -0.3 is 4.74 Å². The fourth-order valence-electron chi connectivity index (χ4n) is 1.97. The lowest BCUT2D eigenvalue weighted by molar-refractivity contribution is 0.127. The second-order valence-electron chi connectivity index (χ2n) is 3.96. The van der Waals surface area contributed by atoms with Crippen molar-refractivity contribution in [1.29, 1.82) is 0 Å². The number of rotatable bonds is 2. The second-order valence-corrected chi connectivity index (χ2v) is 4.60. The Morgan fingerprint density at radius 3 is 3.00 bits per heavy atom. The van der Waals surface area contributed by atoms with Crippen molar-refractivity contribution in [3.63, 3.8) is 0 Å². The van der Waals surface area contributed by atoms with Gasteiger partial charge in [0.05, 0.1) is 12.7 Å². The third kappa shape index (κ3) is 2.18. The summed E-state index contributed by atoms with van der Waals surface area (Å²) in [7, 11) is 0. The van der Waals surface area contributed by atoms with Crippen LogP contribution >= 0.6 is 15.9 Å². The molecule has 0 aromatic heterocycles. The van der Waals surface area contributed by atoms with E-state index in [1.54, 1.807) is 0 Å². The molecule has 0 bridgehead atoms. The van der Waals surface area contributed by atoms with Gasteiger partial charge in [-0.05, 0) is 18.9 Å². The molecule has 1 aliphatic heterocycles. The van der Waals surface area contributed by atoms with Crippen LogP contribution in [0, 0.1) is 6.92 Å². The van der Waals surface area contributed by atoms with E-state index in [1.807, 2.05) is 0 Å². The molecule has 14 heavy (non-hydrogen) atoms. The van der Waals surface area contributed by atoms with E-state index in [9.17, 15) is 0 Å². The van der Waals surface area contributed by atoms with Crippen molar-refractivity contribution in [3.8, 4) is 0 Å². The highest BCUT2D eigenvalue weighted by molar-refractivity contribution is 9.09. The molecule has 1 heterocycles. The molecule has 1 fully saturated rings. The summed E-state index contributed by atoms with van der Waals surface area (Å²) in [5, 5.41) is 0.954. The van der Waals surface area contributed by atoms with E-state index in [-0.39, 0.29) is 0 Å². The summed E-state index contributed by atoms with van der Waals surface area (Å²) in [5.41, 5.74) is 2.76. The van der Waals surface area contributed by atoms with Crippen LogP contribution in [0.3, 0.4) is 0 Å². The average molecular weight is 255 g/mol. The Kier molecular flexibility index (Phi) is 3.24. The van der Waals surface area contributed by atoms with Gasteiger partial charge in [0.1, 0.15) is 0 Å². The first-order valence-electron chi connectivity index (χ1n) is 5.03. The zero-order chi connectivity index (χ0) is 9.97. The van der Waals surface area contributed by atoms with Crippen LogP contribution in [0.4, 0.5) is 0 Å². The molecule has 0 N–H and O–H groups in total. The molecule has 1 aromatic rings. The smallest absolute Gasteiger partial charge is 0.0678 e. The quantitative estimate of drug-likeness (QED) is 0.737. The Hall–Kier alpha value is -0.340. The van der Waals surface area contributed by atoms with Crippen molar-refractivity contribution in [1.82, 2.24) is 0 Å². The summed E-state index contributed by atoms with van der Waals surface area (Å²) in [6.07, 6.45) is 1.55. The lowest BCUT2D eigenvalue weighted by Gasteiger charge is -2.08. The molecule has 76 valence electrons. The van der Waals surface area contributed by atoms with Gasteiger partial charge in [0.2, 0.25) is 0 Å². The van der Waals surface area contributed by atoms with E-state index in [0.717, 1.165) is 18.4 Å². The number of hydrogen-bond donors (Lipinski definition) is 0. The molecule has 2 atom stereocenters. The van der Waals surface area contributed by atoms with Gasteiger partial charge in [-0.3, -0.25) is 0 Å². The van der Waals surface area contributed by atoms with Crippen LogP contribution in [0.2, 0.25) is 0 Å². The van der Waals surface area contributed by atoms with Crippen molar-refractivity contribution in [2.75, 3.05) is 11.9 Å². The van der Waals surface area contributed by atoms with Crippen molar-refractivity contribution in [2.45, 2.75) is 25.4 Å². The lowest BCUT2D eigenvalue weighted by Crippen LogP contribution is -2.05. The topological polar surface area (TPSA) is 9.23 Å². The van der Waals surface area contributed by atoms with Crippen LogP contribution in [0.5, 0.6) is 0 Å². The molecule has 0 saturated carbocycles. The maximum absolute atomic E-state index is 5.66. The highest BCUT2D eigenvalue weighted by Crippen LogP contribution is 2.30. The molecular weight excluding hydrogens is 240 g/mol. The summed E-state index contributed by atoms with van der Waals surface area (Å²) in [6.45, 7) is 3.01. The highest BCUT2D eigenvalue weighted by atomic mass is 79.9. The fraction of sp³-hybridized carbons (Fsp3) is 0.500. The molecular formula is C12H15BrO. The number of alkyl halides is 1. The molecule has 0 amide bonds. The van der Waals surface area contributed by atoms with Gasteiger partial charge in [0, 0.05) is 11.2 Å². The Labute approximate surface area is 93.6 Å². The first kappa shape index (κ1) is 10.2. The monoisotopic (exact) mass is 254 g/mol. The van der Waals surface area contributed by atoms with Gasteiger partial charge in [-0.1, -0.05) is 45.8 Å². The molecule has 0 aliphatic carbocycles. The third-order valence-electron chi connectivity index (χ3n) is 2.77. The standard InChI is InChI=1S/C12H15BrO/c1-9-3-2-4-10(5-9)11-6-12(7-13)14-8-11/h2-5,11-12H,6-8H2,1H3/t11-,12-/m0/s1. The van der Waals surface area contributed by atoms with E-state index >= 15 is 0 Å². The van der Waals surface area contributed by atoms with E-state index in [0.29, 0.717) is 12.0 Å². The summed E-state index contributed by atoms with van der Waals surface area (Å²) in [4.78, 5) is 0. The Morgan fingerprint density at radius 1 is 1.50 bits per heavy atom. The number of benzene rings is 1. The predicted octanol–water partition coefficient (Wildman–Crippen LogP) is 3.26. The van der Waals surface area contributed by atoms with Crippen molar-refractivity contribution >= 4 is 15.9 Å². The summed E-state index contributed by atoms with van der Waals surface area (Å²) in [5.74, 6) is 0.595. The van der Waals surface area contributed by atoms with Gasteiger partial charge in [-0.2, -0.15) is 0 Å². The van der Waals surface area contributed by atoms with Gasteiger partial charge in [0.25, 0.3) is 0 Å². The van der Waals surface area contributed by atoms with Crippen molar-refractivity contribution in [3.05, 3.63) is 35.4 Å². The van der Waals surface area contributed by atoms with Gasteiger partial charge >= 0.3 is 0 Å². The van der Waals surface area contributed by atoms with Crippen molar-refractivity contribution in [2.24, 2.45) is 0 Å². The molecule has 1 nitrogen and oxygen atoms in total. The maximum Gasteiger partial charge on any atom is 0.0678 e. The van der Waals surface area contributed by atoms with Gasteiger partial charge in [0.15, 0.2) is 0 Å². The zero-order valence-corrected chi connectivity index (χ0v) is 9.96. The van der Waals surface area contributed by atoms with Crippen LogP contribution in [0.25, 0.3) is 0 Å². The molecule has 2 rings (SSSR count). The Balaban J connectivity index is 2.09. The minimum absolute atomic E-state index is 0.403. The summed E-state index contributed by atoms with van der Waals surface area (Å²) in [6, 6.07) is 8.75. The molecule has 1 saturated heterocycles. The Bertz CT molecular complexity index is 311. The van der Waals surface area contributed by atoms with Crippen LogP contribution < -0.4 is 0 Å². The predicted molar refractivity (Wildman–Crippen MR) is 62.1 cm³/mol. The molecule has 1 aliphatic rings. The van der Waals surface area contributed by atoms with E-state index in [2.05, 4.69) is 47.1 Å². The van der Waals surface area contributed by atoms with Gasteiger partial charge in [-0.25, -0.2) is 0 Å². The molecule has 1 aromatic carbocycles. The minimum atomic E-state index is 0.403. The second kappa shape index (κ2) is 4.45. The molecule has 2 heteroatoms. The lowest BCUT2D eigenvalue weighted by atomic mass is 9.95. The molecule has 0 spiro atoms. The van der Waals surface area contributed by atoms with Crippen molar-refractivity contribution < 1.29 is 4.74 Å². The van der Waals surface area contributed by atoms with E-state index < -0.39 is 0 Å². The van der Waals surface area contributed by atoms with Gasteiger partial charge in [-0.15, -0.1) is 0 Å². The van der Waals surface area contributed by atoms with E-state index in [1.165, 1.54) is 11.1 Å². The molecule has 0 unspecified atom stereocenters. The number of halogens is 1. The fourth-order valence-corrected chi connectivity index (χ4v) is 2.42. The maximum atomic E-state index is 5.66. The first-order valence-corrected chi connectivity index (χ1v) is 6.16. The summed E-state index contributed by atoms with van der Waals surface area (Å²) < 4.78 is 5.66. The first-order chi connectivity index (χ1) is 6.79.